The topological polar surface area (TPSA) is 61.7 Å². The molecule has 7 heteroatoms. The summed E-state index contributed by atoms with van der Waals surface area (Å²) in [5.74, 6) is 0.626. The monoisotopic (exact) mass is 355 g/mol. The van der Waals surface area contributed by atoms with Gasteiger partial charge in [-0.25, -0.2) is 9.37 Å². The van der Waals surface area contributed by atoms with Crippen LogP contribution in [0.25, 0.3) is 17.0 Å². The number of aromatic nitrogens is 4. The molecule has 0 unspecified atom stereocenters. The van der Waals surface area contributed by atoms with Crippen molar-refractivity contribution in [3.63, 3.8) is 0 Å². The van der Waals surface area contributed by atoms with Gasteiger partial charge in [0.15, 0.2) is 0 Å². The number of rotatable bonds is 3. The summed E-state index contributed by atoms with van der Waals surface area (Å²) in [5, 5.41) is 4.77. The largest absolute Gasteiger partial charge is 0.383 e. The zero-order chi connectivity index (χ0) is 17.6. The minimum absolute atomic E-state index is 0.222. The molecule has 0 fully saturated rings. The molecular weight excluding hydrogens is 341 g/mol. The first-order chi connectivity index (χ1) is 12.0. The minimum Gasteiger partial charge on any atom is -0.383 e. The third-order valence-corrected chi connectivity index (χ3v) is 4.41. The second-order valence-electron chi connectivity index (χ2n) is 5.81. The zero-order valence-corrected chi connectivity index (χ0v) is 14.2. The maximum atomic E-state index is 14.3. The molecule has 0 atom stereocenters. The summed E-state index contributed by atoms with van der Waals surface area (Å²) in [4.78, 5) is 4.63. The molecule has 4 aromatic rings. The number of nitrogen functional groups attached to an aromatic ring is 1. The Bertz CT molecular complexity index is 1060. The zero-order valence-electron chi connectivity index (χ0n) is 13.4. The summed E-state index contributed by atoms with van der Waals surface area (Å²) < 4.78 is 17.7. The van der Waals surface area contributed by atoms with Crippen LogP contribution in [-0.2, 0) is 6.54 Å². The van der Waals surface area contributed by atoms with Gasteiger partial charge in [0.05, 0.1) is 23.3 Å². The Morgan fingerprint density at radius 2 is 1.96 bits per heavy atom. The first-order valence-corrected chi connectivity index (χ1v) is 8.13. The standard InChI is InChI=1S/C18H15ClFN5/c1-11-9-17(21)25(23-11)18-22-15-7-2-3-8-16(15)24(18)10-12-13(19)5-4-6-14(12)20/h2-9H,10,21H2,1H3. The van der Waals surface area contributed by atoms with Crippen molar-refractivity contribution in [1.29, 1.82) is 0 Å². The van der Waals surface area contributed by atoms with Gasteiger partial charge in [-0.15, -0.1) is 0 Å². The second-order valence-corrected chi connectivity index (χ2v) is 6.22. The number of para-hydroxylation sites is 2. The number of imidazole rings is 1. The number of nitrogens with zero attached hydrogens (tertiary/aromatic N) is 4. The van der Waals surface area contributed by atoms with Crippen LogP contribution in [0.15, 0.2) is 48.5 Å². The third kappa shape index (κ3) is 2.64. The van der Waals surface area contributed by atoms with Crippen LogP contribution in [-0.4, -0.2) is 19.3 Å². The van der Waals surface area contributed by atoms with Gasteiger partial charge in [-0.1, -0.05) is 29.8 Å². The average Bonchev–Trinajstić information content (AvgIpc) is 3.10. The van der Waals surface area contributed by atoms with Crippen molar-refractivity contribution in [2.45, 2.75) is 13.5 Å². The van der Waals surface area contributed by atoms with Gasteiger partial charge < -0.3 is 10.3 Å². The smallest absolute Gasteiger partial charge is 0.234 e. The third-order valence-electron chi connectivity index (χ3n) is 4.06. The van der Waals surface area contributed by atoms with E-state index in [1.807, 2.05) is 35.8 Å². The highest BCUT2D eigenvalue weighted by atomic mass is 35.5. The van der Waals surface area contributed by atoms with Crippen LogP contribution in [0.2, 0.25) is 5.02 Å². The molecule has 4 rings (SSSR count). The van der Waals surface area contributed by atoms with Crippen LogP contribution in [0.1, 0.15) is 11.3 Å². The van der Waals surface area contributed by atoms with Crippen LogP contribution in [0, 0.1) is 12.7 Å². The molecule has 0 amide bonds. The molecule has 0 bridgehead atoms. The van der Waals surface area contributed by atoms with E-state index in [0.29, 0.717) is 22.4 Å². The van der Waals surface area contributed by atoms with Crippen molar-refractivity contribution in [3.8, 4) is 5.95 Å². The van der Waals surface area contributed by atoms with E-state index < -0.39 is 0 Å². The summed E-state index contributed by atoms with van der Waals surface area (Å²) in [6.45, 7) is 2.08. The fraction of sp³-hybridized carbons (Fsp3) is 0.111. The van der Waals surface area contributed by atoms with Crippen LogP contribution in [0.4, 0.5) is 10.2 Å². The minimum atomic E-state index is -0.360. The van der Waals surface area contributed by atoms with Crippen LogP contribution in [0.3, 0.4) is 0 Å². The summed E-state index contributed by atoms with van der Waals surface area (Å²) in [7, 11) is 0. The number of halogens is 2. The summed E-state index contributed by atoms with van der Waals surface area (Å²) in [5.41, 5.74) is 8.87. The average molecular weight is 356 g/mol. The molecule has 0 spiro atoms. The van der Waals surface area contributed by atoms with Gasteiger partial charge in [0.1, 0.15) is 11.6 Å². The van der Waals surface area contributed by atoms with Crippen molar-refractivity contribution < 1.29 is 4.39 Å². The molecule has 5 nitrogen and oxygen atoms in total. The van der Waals surface area contributed by atoms with E-state index in [2.05, 4.69) is 10.1 Å². The molecule has 126 valence electrons. The molecule has 0 saturated carbocycles. The number of nitrogens with two attached hydrogens (primary N) is 1. The molecular formula is C18H15ClFN5. The molecule has 0 saturated heterocycles. The van der Waals surface area contributed by atoms with E-state index in [0.717, 1.165) is 16.7 Å². The molecule has 2 aromatic heterocycles. The highest BCUT2D eigenvalue weighted by Crippen LogP contribution is 2.26. The van der Waals surface area contributed by atoms with Gasteiger partial charge in [0.25, 0.3) is 0 Å². The van der Waals surface area contributed by atoms with Gasteiger partial charge in [-0.3, -0.25) is 0 Å². The Morgan fingerprint density at radius 1 is 1.16 bits per heavy atom. The van der Waals surface area contributed by atoms with Gasteiger partial charge in [0.2, 0.25) is 5.95 Å². The second kappa shape index (κ2) is 5.89. The van der Waals surface area contributed by atoms with Gasteiger partial charge in [-0.2, -0.15) is 9.78 Å². The van der Waals surface area contributed by atoms with E-state index in [9.17, 15) is 4.39 Å². The lowest BCUT2D eigenvalue weighted by Crippen LogP contribution is -2.12. The number of anilines is 1. The number of fused-ring (bicyclic) bond motifs is 1. The van der Waals surface area contributed by atoms with Gasteiger partial charge in [0, 0.05) is 16.7 Å². The van der Waals surface area contributed by atoms with Crippen LogP contribution < -0.4 is 5.73 Å². The Morgan fingerprint density at radius 3 is 2.68 bits per heavy atom. The van der Waals surface area contributed by atoms with Crippen LogP contribution in [0.5, 0.6) is 0 Å². The predicted octanol–water partition coefficient (Wildman–Crippen LogP) is 3.95. The van der Waals surface area contributed by atoms with E-state index in [4.69, 9.17) is 17.3 Å². The van der Waals surface area contributed by atoms with Crippen LogP contribution >= 0.6 is 11.6 Å². The number of hydrogen-bond donors (Lipinski definition) is 1. The van der Waals surface area contributed by atoms with Crippen molar-refractivity contribution in [3.05, 3.63) is 70.6 Å². The molecule has 0 radical (unpaired) electrons. The van der Waals surface area contributed by atoms with Gasteiger partial charge in [-0.05, 0) is 31.2 Å². The molecule has 0 aliphatic heterocycles. The Balaban J connectivity index is 1.95. The first kappa shape index (κ1) is 15.7. The van der Waals surface area contributed by atoms with E-state index in [1.54, 1.807) is 22.9 Å². The van der Waals surface area contributed by atoms with Gasteiger partial charge >= 0.3 is 0 Å². The lowest BCUT2D eigenvalue weighted by molar-refractivity contribution is 0.598. The lowest BCUT2D eigenvalue weighted by Gasteiger charge is -2.12. The molecule has 0 aliphatic rings. The summed E-state index contributed by atoms with van der Waals surface area (Å²) in [6, 6.07) is 14.0. The highest BCUT2D eigenvalue weighted by Gasteiger charge is 2.18. The maximum Gasteiger partial charge on any atom is 0.234 e. The molecule has 0 aliphatic carbocycles. The summed E-state index contributed by atoms with van der Waals surface area (Å²) >= 11 is 6.21. The number of aryl methyl sites for hydroxylation is 1. The molecule has 2 heterocycles. The summed E-state index contributed by atoms with van der Waals surface area (Å²) in [6.07, 6.45) is 0. The fourth-order valence-corrected chi connectivity index (χ4v) is 3.12. The fourth-order valence-electron chi connectivity index (χ4n) is 2.90. The predicted molar refractivity (Wildman–Crippen MR) is 96.5 cm³/mol. The lowest BCUT2D eigenvalue weighted by atomic mass is 10.2. The molecule has 25 heavy (non-hydrogen) atoms. The Labute approximate surface area is 148 Å². The Hall–Kier alpha value is -2.86. The number of hydrogen-bond acceptors (Lipinski definition) is 3. The van der Waals surface area contributed by atoms with Crippen molar-refractivity contribution >= 4 is 28.5 Å². The van der Waals surface area contributed by atoms with Crippen molar-refractivity contribution in [1.82, 2.24) is 19.3 Å². The normalized spacial score (nSPS) is 11.3. The van der Waals surface area contributed by atoms with Crippen molar-refractivity contribution in [2.75, 3.05) is 5.73 Å². The maximum absolute atomic E-state index is 14.3. The molecule has 2 N–H and O–H groups in total. The van der Waals surface area contributed by atoms with Crippen molar-refractivity contribution in [2.24, 2.45) is 0 Å². The SMILES string of the molecule is Cc1cc(N)n(-c2nc3ccccc3n2Cc2c(F)cccc2Cl)n1. The molecule has 2 aromatic carbocycles. The van der Waals surface area contributed by atoms with E-state index >= 15 is 0 Å². The first-order valence-electron chi connectivity index (χ1n) is 7.75. The Kier molecular flexibility index (Phi) is 3.69. The van der Waals surface area contributed by atoms with E-state index in [1.165, 1.54) is 6.07 Å². The number of benzene rings is 2. The van der Waals surface area contributed by atoms with E-state index in [-0.39, 0.29) is 12.4 Å². The quantitative estimate of drug-likeness (QED) is 0.605. The highest BCUT2D eigenvalue weighted by molar-refractivity contribution is 6.31.